The van der Waals surface area contributed by atoms with Crippen molar-refractivity contribution >= 4 is 28.6 Å². The molecule has 2 aliphatic rings. The number of anilines is 3. The lowest BCUT2D eigenvalue weighted by atomic mass is 9.84. The molecular formula is C22H29N7O3. The highest BCUT2D eigenvalue weighted by Gasteiger charge is 2.30. The fourth-order valence-electron chi connectivity index (χ4n) is 4.15. The summed E-state index contributed by atoms with van der Waals surface area (Å²) in [6.45, 7) is 1.90. The minimum atomic E-state index is -0.584. The Bertz CT molecular complexity index is 1090. The van der Waals surface area contributed by atoms with Gasteiger partial charge in [0, 0.05) is 24.2 Å². The van der Waals surface area contributed by atoms with Crippen molar-refractivity contribution in [2.24, 2.45) is 0 Å². The van der Waals surface area contributed by atoms with Gasteiger partial charge in [-0.3, -0.25) is 0 Å². The fraction of sp³-hybridized carbons (Fsp3) is 0.545. The van der Waals surface area contributed by atoms with Crippen LogP contribution in [0.4, 0.5) is 17.5 Å². The third-order valence-electron chi connectivity index (χ3n) is 6.22. The van der Waals surface area contributed by atoms with Crippen LogP contribution in [0.2, 0.25) is 0 Å². The van der Waals surface area contributed by atoms with E-state index in [1.165, 1.54) is 0 Å². The summed E-state index contributed by atoms with van der Waals surface area (Å²) in [5.74, 6) is 2.04. The third kappa shape index (κ3) is 4.27. The van der Waals surface area contributed by atoms with Crippen LogP contribution in [-0.4, -0.2) is 55.5 Å². The molecule has 10 heteroatoms. The molecule has 0 bridgehead atoms. The minimum Gasteiger partial charge on any atom is -0.481 e. The zero-order valence-corrected chi connectivity index (χ0v) is 18.6. The van der Waals surface area contributed by atoms with Crippen LogP contribution in [0.15, 0.2) is 18.5 Å². The summed E-state index contributed by atoms with van der Waals surface area (Å²) in [6, 6.07) is 4.23. The largest absolute Gasteiger partial charge is 0.481 e. The molecule has 0 unspecified atom stereocenters. The van der Waals surface area contributed by atoms with Crippen molar-refractivity contribution in [2.45, 2.75) is 63.1 Å². The maximum atomic E-state index is 10.3. The van der Waals surface area contributed by atoms with E-state index in [1.54, 1.807) is 26.4 Å². The summed E-state index contributed by atoms with van der Waals surface area (Å²) >= 11 is 0. The van der Waals surface area contributed by atoms with E-state index >= 15 is 0 Å². The summed E-state index contributed by atoms with van der Waals surface area (Å²) in [5, 5.41) is 17.1. The molecule has 3 aromatic rings. The van der Waals surface area contributed by atoms with Crippen molar-refractivity contribution in [1.29, 1.82) is 0 Å². The number of fused-ring (bicyclic) bond motifs is 1. The van der Waals surface area contributed by atoms with Crippen molar-refractivity contribution in [1.82, 2.24) is 24.5 Å². The SMILES string of the molecule is COc1cc(Nc2nc(NC3CCC(C)(O)CC3)nc3c2ncn3C2CC2)cc(OC)n1. The second-order valence-electron chi connectivity index (χ2n) is 8.93. The Morgan fingerprint density at radius 2 is 1.72 bits per heavy atom. The van der Waals surface area contributed by atoms with Crippen LogP contribution in [0.5, 0.6) is 11.8 Å². The zero-order valence-electron chi connectivity index (χ0n) is 18.6. The Kier molecular flexibility index (Phi) is 5.24. The lowest BCUT2D eigenvalue weighted by Crippen LogP contribution is -2.36. The van der Waals surface area contributed by atoms with Gasteiger partial charge in [0.15, 0.2) is 17.0 Å². The predicted octanol–water partition coefficient (Wildman–Crippen LogP) is 3.42. The van der Waals surface area contributed by atoms with E-state index in [9.17, 15) is 5.11 Å². The van der Waals surface area contributed by atoms with Crippen molar-refractivity contribution in [3.8, 4) is 11.8 Å². The quantitative estimate of drug-likeness (QED) is 0.509. The summed E-state index contributed by atoms with van der Waals surface area (Å²) in [6.07, 6.45) is 7.38. The lowest BCUT2D eigenvalue weighted by Gasteiger charge is -2.33. The first kappa shape index (κ1) is 20.7. The molecule has 0 radical (unpaired) electrons. The molecule has 2 aliphatic carbocycles. The standard InChI is InChI=1S/C22H29N7O3/c1-22(30)8-6-13(7-9-22)25-21-27-19(18-20(28-21)29(12-23-18)15-4-5-15)24-14-10-16(31-2)26-17(11-14)32-3/h10-13,15,30H,4-9H2,1-3H3,(H2,24,25,26,27,28). The van der Waals surface area contributed by atoms with E-state index < -0.39 is 5.60 Å². The first-order valence-electron chi connectivity index (χ1n) is 11.0. The summed E-state index contributed by atoms with van der Waals surface area (Å²) in [5.41, 5.74) is 1.67. The molecule has 3 heterocycles. The molecule has 0 aliphatic heterocycles. The molecule has 170 valence electrons. The highest BCUT2D eigenvalue weighted by molar-refractivity contribution is 5.87. The Morgan fingerprint density at radius 1 is 1.03 bits per heavy atom. The molecule has 0 spiro atoms. The number of aliphatic hydroxyl groups is 1. The van der Waals surface area contributed by atoms with E-state index in [1.807, 2.05) is 13.3 Å². The van der Waals surface area contributed by atoms with Crippen LogP contribution in [0.1, 0.15) is 51.5 Å². The van der Waals surface area contributed by atoms with Gasteiger partial charge in [0.05, 0.1) is 31.8 Å². The van der Waals surface area contributed by atoms with Crippen molar-refractivity contribution < 1.29 is 14.6 Å². The number of nitrogens with zero attached hydrogens (tertiary/aromatic N) is 5. The predicted molar refractivity (Wildman–Crippen MR) is 121 cm³/mol. The number of hydrogen-bond donors (Lipinski definition) is 3. The Hall–Kier alpha value is -3.14. The molecule has 0 saturated heterocycles. The number of hydrogen-bond acceptors (Lipinski definition) is 9. The zero-order chi connectivity index (χ0) is 22.3. The Morgan fingerprint density at radius 3 is 2.34 bits per heavy atom. The Labute approximate surface area is 186 Å². The average Bonchev–Trinajstić information content (AvgIpc) is 3.54. The van der Waals surface area contributed by atoms with E-state index in [0.717, 1.165) is 49.9 Å². The molecular weight excluding hydrogens is 410 g/mol. The number of aromatic nitrogens is 5. The van der Waals surface area contributed by atoms with E-state index in [2.05, 4.69) is 25.2 Å². The first-order chi connectivity index (χ1) is 15.4. The van der Waals surface area contributed by atoms with Crippen LogP contribution >= 0.6 is 0 Å². The fourth-order valence-corrected chi connectivity index (χ4v) is 4.15. The second kappa shape index (κ2) is 8.09. The molecule has 3 aromatic heterocycles. The normalized spacial score (nSPS) is 23.2. The molecule has 0 aromatic carbocycles. The van der Waals surface area contributed by atoms with Gasteiger partial charge in [0.25, 0.3) is 0 Å². The maximum Gasteiger partial charge on any atom is 0.227 e. The van der Waals surface area contributed by atoms with Crippen molar-refractivity contribution in [3.63, 3.8) is 0 Å². The molecule has 10 nitrogen and oxygen atoms in total. The van der Waals surface area contributed by atoms with Gasteiger partial charge in [-0.05, 0) is 45.4 Å². The van der Waals surface area contributed by atoms with Crippen LogP contribution in [-0.2, 0) is 0 Å². The first-order valence-corrected chi connectivity index (χ1v) is 11.0. The maximum absolute atomic E-state index is 10.3. The molecule has 0 amide bonds. The topological polar surface area (TPSA) is 119 Å². The van der Waals surface area contributed by atoms with Crippen molar-refractivity contribution in [2.75, 3.05) is 24.9 Å². The van der Waals surface area contributed by atoms with Crippen LogP contribution < -0.4 is 20.1 Å². The van der Waals surface area contributed by atoms with Crippen LogP contribution in [0.3, 0.4) is 0 Å². The van der Waals surface area contributed by atoms with E-state index in [0.29, 0.717) is 35.1 Å². The van der Waals surface area contributed by atoms with E-state index in [-0.39, 0.29) is 6.04 Å². The van der Waals surface area contributed by atoms with Gasteiger partial charge in [-0.25, -0.2) is 4.98 Å². The highest BCUT2D eigenvalue weighted by atomic mass is 16.5. The number of nitrogens with one attached hydrogen (secondary N) is 2. The average molecular weight is 440 g/mol. The van der Waals surface area contributed by atoms with Gasteiger partial charge in [-0.15, -0.1) is 0 Å². The van der Waals surface area contributed by atoms with Gasteiger partial charge >= 0.3 is 0 Å². The summed E-state index contributed by atoms with van der Waals surface area (Å²) in [7, 11) is 3.13. The molecule has 2 saturated carbocycles. The van der Waals surface area contributed by atoms with Gasteiger partial charge in [-0.1, -0.05) is 0 Å². The third-order valence-corrected chi connectivity index (χ3v) is 6.22. The molecule has 3 N–H and O–H groups in total. The number of imidazole rings is 1. The Balaban J connectivity index is 1.49. The van der Waals surface area contributed by atoms with Crippen LogP contribution in [0, 0.1) is 0 Å². The highest BCUT2D eigenvalue weighted by Crippen LogP contribution is 2.38. The smallest absolute Gasteiger partial charge is 0.227 e. The van der Waals surface area contributed by atoms with Gasteiger partial charge < -0.3 is 29.8 Å². The number of ether oxygens (including phenoxy) is 2. The second-order valence-corrected chi connectivity index (χ2v) is 8.93. The van der Waals surface area contributed by atoms with Gasteiger partial charge in [0.1, 0.15) is 0 Å². The summed E-state index contributed by atoms with van der Waals surface area (Å²) in [4.78, 5) is 18.4. The summed E-state index contributed by atoms with van der Waals surface area (Å²) < 4.78 is 12.7. The lowest BCUT2D eigenvalue weighted by molar-refractivity contribution is 0.0196. The number of methoxy groups -OCH3 is 2. The monoisotopic (exact) mass is 439 g/mol. The minimum absolute atomic E-state index is 0.221. The molecule has 2 fully saturated rings. The molecule has 0 atom stereocenters. The number of pyridine rings is 1. The van der Waals surface area contributed by atoms with Gasteiger partial charge in [-0.2, -0.15) is 15.0 Å². The molecule has 5 rings (SSSR count). The molecule has 32 heavy (non-hydrogen) atoms. The van der Waals surface area contributed by atoms with E-state index in [4.69, 9.17) is 19.4 Å². The van der Waals surface area contributed by atoms with Crippen LogP contribution in [0.25, 0.3) is 11.2 Å². The number of rotatable bonds is 7. The van der Waals surface area contributed by atoms with Crippen molar-refractivity contribution in [3.05, 3.63) is 18.5 Å². The van der Waals surface area contributed by atoms with Gasteiger partial charge in [0.2, 0.25) is 17.7 Å².